The molecule has 2 aliphatic rings. The smallest absolute Gasteiger partial charge is 0.315 e. The number of nitrogens with one attached hydrogen (secondary N) is 2. The highest BCUT2D eigenvalue weighted by atomic mass is 16.2. The first-order chi connectivity index (χ1) is 9.25. The Kier molecular flexibility index (Phi) is 5.99. The van der Waals surface area contributed by atoms with E-state index in [0.717, 1.165) is 25.3 Å². The van der Waals surface area contributed by atoms with Crippen LogP contribution in [0.5, 0.6) is 0 Å². The summed E-state index contributed by atoms with van der Waals surface area (Å²) in [5.74, 6) is 1.49. The van der Waals surface area contributed by atoms with E-state index >= 15 is 0 Å². The third-order valence-electron chi connectivity index (χ3n) is 4.99. The number of carbonyl (C=O) groups is 1. The maximum Gasteiger partial charge on any atom is 0.315 e. The largest absolute Gasteiger partial charge is 0.338 e. The van der Waals surface area contributed by atoms with Crippen LogP contribution in [0.15, 0.2) is 0 Å². The van der Waals surface area contributed by atoms with Crippen LogP contribution in [-0.4, -0.2) is 18.6 Å². The Morgan fingerprint density at radius 2 is 1.68 bits per heavy atom. The standard InChI is InChI=1S/C16H30N2O/c1-13-7-5-6-10-15(13)18-16(19)17-12-11-14-8-3-2-4-9-14/h13-15H,2-12H2,1H3,(H2,17,18,19). The third-order valence-corrected chi connectivity index (χ3v) is 4.99. The zero-order valence-electron chi connectivity index (χ0n) is 12.4. The molecule has 0 heterocycles. The first-order valence-corrected chi connectivity index (χ1v) is 8.30. The van der Waals surface area contributed by atoms with Gasteiger partial charge in [-0.1, -0.05) is 51.9 Å². The molecule has 2 saturated carbocycles. The topological polar surface area (TPSA) is 41.1 Å². The Labute approximate surface area is 117 Å². The summed E-state index contributed by atoms with van der Waals surface area (Å²) >= 11 is 0. The second-order valence-corrected chi connectivity index (χ2v) is 6.56. The molecule has 0 radical (unpaired) electrons. The van der Waals surface area contributed by atoms with Crippen LogP contribution in [0, 0.1) is 11.8 Å². The van der Waals surface area contributed by atoms with Gasteiger partial charge in [-0.05, 0) is 31.1 Å². The molecule has 0 aromatic rings. The number of urea groups is 1. The molecule has 0 aromatic heterocycles. The van der Waals surface area contributed by atoms with Gasteiger partial charge in [-0.25, -0.2) is 4.79 Å². The molecule has 2 aliphatic carbocycles. The Morgan fingerprint density at radius 1 is 1.00 bits per heavy atom. The van der Waals surface area contributed by atoms with Gasteiger partial charge in [0.1, 0.15) is 0 Å². The highest BCUT2D eigenvalue weighted by Gasteiger charge is 2.22. The van der Waals surface area contributed by atoms with Crippen LogP contribution in [0.25, 0.3) is 0 Å². The fourth-order valence-electron chi connectivity index (χ4n) is 3.62. The summed E-state index contributed by atoms with van der Waals surface area (Å²) in [7, 11) is 0. The van der Waals surface area contributed by atoms with E-state index in [4.69, 9.17) is 0 Å². The van der Waals surface area contributed by atoms with Crippen molar-refractivity contribution in [3.05, 3.63) is 0 Å². The van der Waals surface area contributed by atoms with Crippen LogP contribution in [0.3, 0.4) is 0 Å². The summed E-state index contributed by atoms with van der Waals surface area (Å²) in [5.41, 5.74) is 0. The lowest BCUT2D eigenvalue weighted by Gasteiger charge is -2.29. The SMILES string of the molecule is CC1CCCCC1NC(=O)NCCC1CCCCC1. The lowest BCUT2D eigenvalue weighted by Crippen LogP contribution is -2.46. The highest BCUT2D eigenvalue weighted by molar-refractivity contribution is 5.74. The van der Waals surface area contributed by atoms with E-state index in [-0.39, 0.29) is 6.03 Å². The van der Waals surface area contributed by atoms with Gasteiger partial charge in [0, 0.05) is 12.6 Å². The van der Waals surface area contributed by atoms with E-state index in [2.05, 4.69) is 17.6 Å². The third kappa shape index (κ3) is 5.04. The van der Waals surface area contributed by atoms with Gasteiger partial charge >= 0.3 is 6.03 Å². The van der Waals surface area contributed by atoms with E-state index in [1.54, 1.807) is 0 Å². The van der Waals surface area contributed by atoms with Crippen molar-refractivity contribution in [1.82, 2.24) is 10.6 Å². The molecule has 2 rings (SSSR count). The minimum Gasteiger partial charge on any atom is -0.338 e. The van der Waals surface area contributed by atoms with E-state index in [9.17, 15) is 4.79 Å². The van der Waals surface area contributed by atoms with Crippen molar-refractivity contribution in [3.63, 3.8) is 0 Å². The zero-order valence-corrected chi connectivity index (χ0v) is 12.4. The molecular weight excluding hydrogens is 236 g/mol. The van der Waals surface area contributed by atoms with Crippen LogP contribution in [0.2, 0.25) is 0 Å². The normalized spacial score (nSPS) is 28.9. The van der Waals surface area contributed by atoms with Gasteiger partial charge in [-0.2, -0.15) is 0 Å². The van der Waals surface area contributed by atoms with Gasteiger partial charge in [0.2, 0.25) is 0 Å². The Bertz CT molecular complexity index is 274. The van der Waals surface area contributed by atoms with Crippen molar-refractivity contribution in [2.45, 2.75) is 77.2 Å². The molecule has 0 bridgehead atoms. The molecule has 3 nitrogen and oxygen atoms in total. The maximum absolute atomic E-state index is 11.9. The monoisotopic (exact) mass is 266 g/mol. The van der Waals surface area contributed by atoms with Crippen molar-refractivity contribution >= 4 is 6.03 Å². The van der Waals surface area contributed by atoms with Gasteiger partial charge in [0.15, 0.2) is 0 Å². The number of hydrogen-bond donors (Lipinski definition) is 2. The summed E-state index contributed by atoms with van der Waals surface area (Å²) in [5, 5.41) is 6.20. The van der Waals surface area contributed by atoms with Gasteiger partial charge in [-0.3, -0.25) is 0 Å². The minimum absolute atomic E-state index is 0.0505. The molecule has 2 N–H and O–H groups in total. The lowest BCUT2D eigenvalue weighted by atomic mass is 9.86. The van der Waals surface area contributed by atoms with Gasteiger partial charge in [-0.15, -0.1) is 0 Å². The average Bonchev–Trinajstić information content (AvgIpc) is 2.43. The summed E-state index contributed by atoms with van der Waals surface area (Å²) in [6.07, 6.45) is 13.1. The molecule has 2 atom stereocenters. The molecule has 110 valence electrons. The first-order valence-electron chi connectivity index (χ1n) is 8.30. The Balaban J connectivity index is 1.58. The summed E-state index contributed by atoms with van der Waals surface area (Å²) in [4.78, 5) is 11.9. The molecule has 0 aliphatic heterocycles. The molecule has 0 saturated heterocycles. The average molecular weight is 266 g/mol. The Hall–Kier alpha value is -0.730. The van der Waals surface area contributed by atoms with Crippen LogP contribution >= 0.6 is 0 Å². The van der Waals surface area contributed by atoms with Crippen molar-refractivity contribution < 1.29 is 4.79 Å². The molecule has 2 unspecified atom stereocenters. The number of carbonyl (C=O) groups excluding carboxylic acids is 1. The molecule has 0 aromatic carbocycles. The molecule has 3 heteroatoms. The van der Waals surface area contributed by atoms with Crippen LogP contribution in [0.1, 0.15) is 71.1 Å². The van der Waals surface area contributed by atoms with Crippen molar-refractivity contribution in [1.29, 1.82) is 0 Å². The molecule has 2 fully saturated rings. The fourth-order valence-corrected chi connectivity index (χ4v) is 3.62. The second-order valence-electron chi connectivity index (χ2n) is 6.56. The summed E-state index contributed by atoms with van der Waals surface area (Å²) in [6, 6.07) is 0.443. The predicted octanol–water partition coefficient (Wildman–Crippen LogP) is 3.83. The maximum atomic E-state index is 11.9. The lowest BCUT2D eigenvalue weighted by molar-refractivity contribution is 0.220. The molecular formula is C16H30N2O. The molecule has 0 spiro atoms. The quantitative estimate of drug-likeness (QED) is 0.797. The molecule has 2 amide bonds. The van der Waals surface area contributed by atoms with Gasteiger partial charge in [0.25, 0.3) is 0 Å². The van der Waals surface area contributed by atoms with E-state index in [1.165, 1.54) is 51.4 Å². The van der Waals surface area contributed by atoms with E-state index < -0.39 is 0 Å². The number of rotatable bonds is 4. The van der Waals surface area contributed by atoms with Crippen LogP contribution in [-0.2, 0) is 0 Å². The van der Waals surface area contributed by atoms with Gasteiger partial charge in [0.05, 0.1) is 0 Å². The van der Waals surface area contributed by atoms with Crippen molar-refractivity contribution in [2.24, 2.45) is 11.8 Å². The highest BCUT2D eigenvalue weighted by Crippen LogP contribution is 2.26. The van der Waals surface area contributed by atoms with Crippen molar-refractivity contribution in [3.8, 4) is 0 Å². The van der Waals surface area contributed by atoms with Crippen molar-refractivity contribution in [2.75, 3.05) is 6.54 Å². The second kappa shape index (κ2) is 7.76. The first kappa shape index (κ1) is 14.7. The predicted molar refractivity (Wildman–Crippen MR) is 79.1 cm³/mol. The molecule has 19 heavy (non-hydrogen) atoms. The Morgan fingerprint density at radius 3 is 2.42 bits per heavy atom. The van der Waals surface area contributed by atoms with Gasteiger partial charge < -0.3 is 10.6 Å². The number of hydrogen-bond acceptors (Lipinski definition) is 1. The van der Waals surface area contributed by atoms with Crippen LogP contribution in [0.4, 0.5) is 4.79 Å². The van der Waals surface area contributed by atoms with E-state index in [0.29, 0.717) is 12.0 Å². The fraction of sp³-hybridized carbons (Fsp3) is 0.938. The van der Waals surface area contributed by atoms with Crippen LogP contribution < -0.4 is 10.6 Å². The number of amides is 2. The summed E-state index contributed by atoms with van der Waals surface area (Å²) in [6.45, 7) is 3.10. The zero-order chi connectivity index (χ0) is 13.5. The van der Waals surface area contributed by atoms with E-state index in [1.807, 2.05) is 0 Å². The minimum atomic E-state index is 0.0505. The summed E-state index contributed by atoms with van der Waals surface area (Å²) < 4.78 is 0.